The first-order chi connectivity index (χ1) is 12.2. The number of aliphatic hydroxyl groups excluding tert-OH is 1. The van der Waals surface area contributed by atoms with Crippen LogP contribution in [0.3, 0.4) is 0 Å². The van der Waals surface area contributed by atoms with Crippen LogP contribution in [-0.2, 0) is 4.74 Å². The molecule has 4 nitrogen and oxygen atoms in total. The van der Waals surface area contributed by atoms with Gasteiger partial charge in [-0.2, -0.15) is 0 Å². The zero-order valence-electron chi connectivity index (χ0n) is 14.0. The van der Waals surface area contributed by atoms with Crippen LogP contribution < -0.4 is 0 Å². The summed E-state index contributed by atoms with van der Waals surface area (Å²) in [6, 6.07) is 16.5. The van der Waals surface area contributed by atoms with E-state index < -0.39 is 6.10 Å². The molecule has 1 N–H and O–H groups in total. The number of hydrogen-bond donors (Lipinski definition) is 1. The van der Waals surface area contributed by atoms with Gasteiger partial charge < -0.3 is 14.7 Å². The molecule has 1 aliphatic carbocycles. The van der Waals surface area contributed by atoms with E-state index >= 15 is 0 Å². The average molecular weight is 335 g/mol. The highest BCUT2D eigenvalue weighted by atomic mass is 16.6. The van der Waals surface area contributed by atoms with E-state index in [1.807, 2.05) is 24.3 Å². The van der Waals surface area contributed by atoms with Gasteiger partial charge in [0, 0.05) is 18.4 Å². The third kappa shape index (κ3) is 2.72. The fourth-order valence-electron chi connectivity index (χ4n) is 3.88. The molecule has 4 rings (SSSR count). The second-order valence-electron chi connectivity index (χ2n) is 6.68. The molecule has 1 saturated heterocycles. The van der Waals surface area contributed by atoms with Gasteiger partial charge in [0.2, 0.25) is 0 Å². The molecule has 2 aromatic carbocycles. The van der Waals surface area contributed by atoms with Crippen LogP contribution in [0, 0.1) is 5.92 Å². The van der Waals surface area contributed by atoms with E-state index in [0.717, 1.165) is 0 Å². The lowest BCUT2D eigenvalue weighted by atomic mass is 9.98. The Balaban J connectivity index is 1.50. The molecule has 25 heavy (non-hydrogen) atoms. The third-order valence-electron chi connectivity index (χ3n) is 5.23. The smallest absolute Gasteiger partial charge is 0.409 e. The Morgan fingerprint density at radius 3 is 2.28 bits per heavy atom. The summed E-state index contributed by atoms with van der Waals surface area (Å²) in [7, 11) is 0. The lowest BCUT2D eigenvalue weighted by Crippen LogP contribution is -2.31. The zero-order valence-corrected chi connectivity index (χ0v) is 14.0. The average Bonchev–Trinajstić information content (AvgIpc) is 3.18. The van der Waals surface area contributed by atoms with Crippen LogP contribution in [-0.4, -0.2) is 41.9 Å². The van der Waals surface area contributed by atoms with Gasteiger partial charge in [-0.05, 0) is 22.3 Å². The molecule has 128 valence electrons. The normalized spacial score (nSPS) is 21.7. The summed E-state index contributed by atoms with van der Waals surface area (Å²) < 4.78 is 5.61. The first-order valence-corrected chi connectivity index (χ1v) is 8.59. The molecule has 0 unspecified atom stereocenters. The summed E-state index contributed by atoms with van der Waals surface area (Å²) >= 11 is 0. The summed E-state index contributed by atoms with van der Waals surface area (Å²) in [5, 5.41) is 9.93. The Kier molecular flexibility index (Phi) is 4.06. The SMILES string of the molecule is C=C[C@H]1CN(C(=O)OCC2c3ccccc3-c3ccccc32)C[C@H]1O. The van der Waals surface area contributed by atoms with E-state index in [1.165, 1.54) is 22.3 Å². The molecule has 1 heterocycles. The minimum absolute atomic E-state index is 0.0547. The van der Waals surface area contributed by atoms with Crippen molar-refractivity contribution in [2.45, 2.75) is 12.0 Å². The van der Waals surface area contributed by atoms with Gasteiger partial charge in [0.25, 0.3) is 0 Å². The van der Waals surface area contributed by atoms with Crippen LogP contribution in [0.4, 0.5) is 4.79 Å². The van der Waals surface area contributed by atoms with Crippen LogP contribution in [0.5, 0.6) is 0 Å². The van der Waals surface area contributed by atoms with E-state index in [-0.39, 0.29) is 17.9 Å². The number of benzene rings is 2. The fraction of sp³-hybridized carbons (Fsp3) is 0.286. The molecule has 0 bridgehead atoms. The monoisotopic (exact) mass is 335 g/mol. The molecule has 4 heteroatoms. The maximum absolute atomic E-state index is 12.4. The summed E-state index contributed by atoms with van der Waals surface area (Å²) in [6.45, 7) is 4.77. The van der Waals surface area contributed by atoms with Crippen molar-refractivity contribution < 1.29 is 14.6 Å². The number of carbonyl (C=O) groups excluding carboxylic acids is 1. The van der Waals surface area contributed by atoms with Gasteiger partial charge in [0.05, 0.1) is 12.6 Å². The van der Waals surface area contributed by atoms with Crippen molar-refractivity contribution in [1.82, 2.24) is 4.90 Å². The standard InChI is InChI=1S/C21H21NO3/c1-2-14-11-22(12-20(14)23)21(24)25-13-19-17-9-5-3-7-15(17)16-8-4-6-10-18(16)19/h2-10,14,19-20,23H,1,11-13H2/t14-,20+/m0/s1. The molecular formula is C21H21NO3. The minimum Gasteiger partial charge on any atom is -0.448 e. The van der Waals surface area contributed by atoms with E-state index in [1.54, 1.807) is 11.0 Å². The van der Waals surface area contributed by atoms with Gasteiger partial charge in [0.15, 0.2) is 0 Å². The third-order valence-corrected chi connectivity index (χ3v) is 5.23. The Morgan fingerprint density at radius 2 is 1.72 bits per heavy atom. The van der Waals surface area contributed by atoms with Gasteiger partial charge in [-0.15, -0.1) is 6.58 Å². The molecule has 2 aliphatic rings. The number of carbonyl (C=O) groups is 1. The molecular weight excluding hydrogens is 314 g/mol. The second kappa shape index (κ2) is 6.37. The van der Waals surface area contributed by atoms with E-state index in [4.69, 9.17) is 4.74 Å². The lowest BCUT2D eigenvalue weighted by Gasteiger charge is -2.19. The van der Waals surface area contributed by atoms with Crippen LogP contribution >= 0.6 is 0 Å². The number of hydrogen-bond acceptors (Lipinski definition) is 3. The second-order valence-corrected chi connectivity index (χ2v) is 6.68. The number of rotatable bonds is 3. The van der Waals surface area contributed by atoms with E-state index in [9.17, 15) is 9.90 Å². The van der Waals surface area contributed by atoms with Crippen molar-refractivity contribution in [2.24, 2.45) is 5.92 Å². The van der Waals surface area contributed by atoms with Crippen LogP contribution in [0.25, 0.3) is 11.1 Å². The van der Waals surface area contributed by atoms with Gasteiger partial charge in [-0.3, -0.25) is 0 Å². The Bertz CT molecular complexity index is 771. The molecule has 2 atom stereocenters. The topological polar surface area (TPSA) is 49.8 Å². The molecule has 0 aromatic heterocycles. The highest BCUT2D eigenvalue weighted by Crippen LogP contribution is 2.44. The van der Waals surface area contributed by atoms with Crippen LogP contribution in [0.15, 0.2) is 61.2 Å². The van der Waals surface area contributed by atoms with Crippen molar-refractivity contribution in [3.05, 3.63) is 72.3 Å². The maximum Gasteiger partial charge on any atom is 0.409 e. The van der Waals surface area contributed by atoms with Gasteiger partial charge in [0.1, 0.15) is 6.61 Å². The van der Waals surface area contributed by atoms with Crippen LogP contribution in [0.1, 0.15) is 17.0 Å². The number of aliphatic hydroxyl groups is 1. The Hall–Kier alpha value is -2.59. The van der Waals surface area contributed by atoms with Gasteiger partial charge >= 0.3 is 6.09 Å². The van der Waals surface area contributed by atoms with E-state index in [2.05, 4.69) is 30.8 Å². The van der Waals surface area contributed by atoms with Crippen LogP contribution in [0.2, 0.25) is 0 Å². The minimum atomic E-state index is -0.557. The molecule has 1 amide bonds. The first-order valence-electron chi connectivity index (χ1n) is 8.59. The molecule has 1 fully saturated rings. The van der Waals surface area contributed by atoms with Crippen molar-refractivity contribution >= 4 is 6.09 Å². The summed E-state index contributed by atoms with van der Waals surface area (Å²) in [6.07, 6.45) is 0.768. The number of β-amino-alcohol motifs (C(OH)–C–C–N with tert-alkyl or cyclic N) is 1. The molecule has 2 aromatic rings. The van der Waals surface area contributed by atoms with Crippen molar-refractivity contribution in [3.63, 3.8) is 0 Å². The Labute approximate surface area is 147 Å². The largest absolute Gasteiger partial charge is 0.448 e. The summed E-state index contributed by atoms with van der Waals surface area (Å²) in [5.74, 6) is -0.0282. The molecule has 1 aliphatic heterocycles. The van der Waals surface area contributed by atoms with E-state index in [0.29, 0.717) is 19.7 Å². The predicted molar refractivity (Wildman–Crippen MR) is 96.3 cm³/mol. The number of likely N-dealkylation sites (tertiary alicyclic amines) is 1. The van der Waals surface area contributed by atoms with Gasteiger partial charge in [-0.25, -0.2) is 4.79 Å². The molecule has 0 radical (unpaired) electrons. The number of nitrogens with zero attached hydrogens (tertiary/aromatic N) is 1. The van der Waals surface area contributed by atoms with Crippen molar-refractivity contribution in [3.8, 4) is 11.1 Å². The predicted octanol–water partition coefficient (Wildman–Crippen LogP) is 3.41. The highest BCUT2D eigenvalue weighted by Gasteiger charge is 2.34. The quantitative estimate of drug-likeness (QED) is 0.875. The first kappa shape index (κ1) is 15.9. The lowest BCUT2D eigenvalue weighted by molar-refractivity contribution is 0.100. The summed E-state index contributed by atoms with van der Waals surface area (Å²) in [5.41, 5.74) is 4.81. The Morgan fingerprint density at radius 1 is 1.12 bits per heavy atom. The number of fused-ring (bicyclic) bond motifs is 3. The molecule has 0 spiro atoms. The van der Waals surface area contributed by atoms with Crippen molar-refractivity contribution in [2.75, 3.05) is 19.7 Å². The number of ether oxygens (including phenoxy) is 1. The highest BCUT2D eigenvalue weighted by molar-refractivity contribution is 5.79. The van der Waals surface area contributed by atoms with Crippen molar-refractivity contribution in [1.29, 1.82) is 0 Å². The maximum atomic E-state index is 12.4. The molecule has 0 saturated carbocycles. The van der Waals surface area contributed by atoms with Gasteiger partial charge in [-0.1, -0.05) is 54.6 Å². The zero-order chi connectivity index (χ0) is 17.4. The number of amides is 1. The summed E-state index contributed by atoms with van der Waals surface area (Å²) in [4.78, 5) is 14.0. The fourth-order valence-corrected chi connectivity index (χ4v) is 3.88.